The van der Waals surface area contributed by atoms with E-state index in [0.717, 1.165) is 122 Å². The molecule has 2 N–H and O–H groups in total. The maximum absolute atomic E-state index is 13.8. The Morgan fingerprint density at radius 2 is 1.11 bits per heavy atom. The topological polar surface area (TPSA) is 208 Å². The molecule has 8 saturated carbocycles. The summed E-state index contributed by atoms with van der Waals surface area (Å²) in [4.78, 5) is 59.8. The third kappa shape index (κ3) is 13.6. The lowest BCUT2D eigenvalue weighted by atomic mass is 9.46. The Morgan fingerprint density at radius 3 is 1.58 bits per heavy atom. The predicted octanol–water partition coefficient (Wildman–Crippen LogP) is 15.1. The van der Waals surface area contributed by atoms with Gasteiger partial charge in [-0.1, -0.05) is 110 Å². The van der Waals surface area contributed by atoms with Crippen LogP contribution >= 0.6 is 0 Å². The van der Waals surface area contributed by atoms with Crippen LogP contribution in [0, 0.1) is 91.5 Å². The number of hydrogen-bond donors (Lipinski definition) is 2. The van der Waals surface area contributed by atoms with Gasteiger partial charge in [0.1, 0.15) is 5.75 Å². The summed E-state index contributed by atoms with van der Waals surface area (Å²) in [5, 5.41) is 16.0. The first-order valence-corrected chi connectivity index (χ1v) is 37.7. The van der Waals surface area contributed by atoms with Gasteiger partial charge in [-0.15, -0.1) is 0 Å². The van der Waals surface area contributed by atoms with E-state index < -0.39 is 23.9 Å². The minimum atomic E-state index is -0.926. The highest BCUT2D eigenvalue weighted by molar-refractivity contribution is 6.01. The number of nitrogens with zero attached hydrogens (tertiary/aromatic N) is 4. The molecule has 0 spiro atoms. The van der Waals surface area contributed by atoms with Gasteiger partial charge in [0.15, 0.2) is 30.5 Å². The molecule has 3 amide bonds. The zero-order valence-electron chi connectivity index (χ0n) is 60.0. The number of ether oxygens (including phenoxy) is 7. The number of carboxylic acids is 1. The number of amides is 3. The fraction of sp³-hybridized carbons (Fsp3) is 0.700. The summed E-state index contributed by atoms with van der Waals surface area (Å²) >= 11 is 0. The van der Waals surface area contributed by atoms with E-state index in [1.165, 1.54) is 97.4 Å². The Hall–Kier alpha value is -5.90. The van der Waals surface area contributed by atoms with Crippen molar-refractivity contribution in [1.29, 1.82) is 0 Å². The normalized spacial score (nSPS) is 38.7. The van der Waals surface area contributed by atoms with Gasteiger partial charge in [-0.2, -0.15) is 5.10 Å². The second-order valence-electron chi connectivity index (χ2n) is 33.7. The Balaban J connectivity index is 0.000000134. The number of hydrogen-bond acceptors (Lipinski definition) is 13. The molecule has 4 aliphatic heterocycles. The van der Waals surface area contributed by atoms with Crippen molar-refractivity contribution in [3.05, 3.63) is 118 Å². The van der Waals surface area contributed by atoms with Crippen molar-refractivity contribution in [2.24, 2.45) is 79.8 Å². The number of urea groups is 1. The Morgan fingerprint density at radius 1 is 0.620 bits per heavy atom. The Kier molecular flexibility index (Phi) is 21.0. The number of aromatic carboxylic acids is 1. The van der Waals surface area contributed by atoms with Crippen molar-refractivity contribution < 1.29 is 66.2 Å². The summed E-state index contributed by atoms with van der Waals surface area (Å²) < 4.78 is 74.3. The van der Waals surface area contributed by atoms with E-state index in [-0.39, 0.29) is 98.9 Å². The Bertz CT molecular complexity index is 3610. The molecule has 100 heavy (non-hydrogen) atoms. The second-order valence-corrected chi connectivity index (χ2v) is 33.7. The average Bonchev–Trinajstić information content (AvgIpc) is 1.02. The zero-order valence-corrected chi connectivity index (χ0v) is 60.0. The highest BCUT2D eigenvalue weighted by atomic mass is 19.2. The SMILES string of the molecule is C=C1CCC2[C@]3(C)CO[C@@H](C4CCCC4)O[C@@H]3CC[C@@]2(C)[C@@H]1CCn1cc(C(=O)O)cn1.C=C1CCC2[C@]3(C)CO[C@@H](C4CCCC4)O[C@@H]3CC[C@@]2(C)[C@@H]1CCn1cc(OC=O)ccc1=O.C=C1CCC2[C@]3(C)CO[C@@H](c4ccc(F)c(F)c4)O[C@@H]3CC[C@@]2(C)[C@@H]1CCN1C(=O)CNC1=O. The van der Waals surface area contributed by atoms with Crippen LogP contribution in [0.15, 0.2) is 90.2 Å². The molecular formula is C80H109F2N5O13. The Labute approximate surface area is 589 Å². The van der Waals surface area contributed by atoms with Crippen LogP contribution in [0.1, 0.15) is 211 Å². The van der Waals surface area contributed by atoms with E-state index in [1.54, 1.807) is 21.6 Å². The molecule has 0 bridgehead atoms. The predicted molar refractivity (Wildman–Crippen MR) is 371 cm³/mol. The van der Waals surface area contributed by atoms with Crippen LogP contribution in [0.25, 0.3) is 0 Å². The maximum Gasteiger partial charge on any atom is 0.338 e. The number of halogens is 2. The van der Waals surface area contributed by atoms with Crippen LogP contribution in [0.4, 0.5) is 13.6 Å². The number of fused-ring (bicyclic) bond motifs is 9. The van der Waals surface area contributed by atoms with E-state index in [2.05, 4.69) is 71.7 Å². The highest BCUT2D eigenvalue weighted by Crippen LogP contribution is 2.67. The van der Waals surface area contributed by atoms with Crippen LogP contribution in [0.2, 0.25) is 0 Å². The minimum absolute atomic E-state index is 0.00229. The summed E-state index contributed by atoms with van der Waals surface area (Å²) in [6.45, 7) is 31.8. The molecule has 20 heteroatoms. The number of pyridine rings is 1. The van der Waals surface area contributed by atoms with Crippen molar-refractivity contribution in [1.82, 2.24) is 24.6 Å². The summed E-state index contributed by atoms with van der Waals surface area (Å²) in [6.07, 6.45) is 29.5. The monoisotopic (exact) mass is 1390 g/mol. The zero-order chi connectivity index (χ0) is 70.7. The van der Waals surface area contributed by atoms with Crippen LogP contribution < -0.4 is 15.6 Å². The summed E-state index contributed by atoms with van der Waals surface area (Å²) in [5.41, 5.74) is 4.52. The summed E-state index contributed by atoms with van der Waals surface area (Å²) in [6, 6.07) is 6.44. The lowest BCUT2D eigenvalue weighted by molar-refractivity contribution is -0.316. The number of benzene rings is 1. The first kappa shape index (κ1) is 72.5. The van der Waals surface area contributed by atoms with Crippen LogP contribution in [0.3, 0.4) is 0 Å². The lowest BCUT2D eigenvalue weighted by Gasteiger charge is -2.63. The summed E-state index contributed by atoms with van der Waals surface area (Å²) in [5.74, 6) is 0.910. The van der Waals surface area contributed by atoms with Crippen LogP contribution in [0.5, 0.6) is 5.75 Å². The van der Waals surface area contributed by atoms with E-state index in [0.29, 0.717) is 85.3 Å². The molecule has 4 saturated heterocycles. The van der Waals surface area contributed by atoms with Gasteiger partial charge in [0, 0.05) is 71.7 Å². The molecule has 15 rings (SSSR count). The number of carboxylic acid groups (broad SMARTS) is 1. The van der Waals surface area contributed by atoms with E-state index in [4.69, 9.17) is 33.2 Å². The average molecular weight is 1390 g/mol. The fourth-order valence-electron chi connectivity index (χ4n) is 22.8. The molecule has 1 aromatic carbocycles. The standard InChI is InChI=1S/C28H39NO5.C26H32F2N2O4.C26H38N2O4/c1-19-8-10-23-27(2,22(19)13-15-29-16-21(33-18-30)9-11-25(29)31)14-12-24-28(23,3)17-32-26(34-24)20-6-4-5-7-20;1-15-4-7-20-25(2,17(15)9-11-30-22(31)13-29-24(30)32)10-8-21-26(20,3)14-33-23(34-21)16-5-6-18(27)19(28)12-16;1-17-8-9-21-25(2,20(17)11-13-28-15-19(14-27-28)23(29)30)12-10-22-26(21,3)16-31-24(32-22)18-6-4-5-7-18/h9,11,16,18,20,22-24,26H,1,4-8,10,12-15,17H2,2-3H3;5-6,12,17,20-21,23H,1,4,7-11,13-14H2,2-3H3,(H,29,32);14-15,18,20-22,24H,1,4-13,16H2,2-3H3,(H,29,30)/t22-,23?,24-,26-,27+,28+;17-,20?,21-,23-,25+,26+;20-,21?,22-,24-,25+,26+/m111/s1. The largest absolute Gasteiger partial charge is 0.478 e. The fourth-order valence-corrected chi connectivity index (χ4v) is 22.8. The molecular weight excluding hydrogens is 1280 g/mol. The van der Waals surface area contributed by atoms with Gasteiger partial charge in [0.25, 0.3) is 12.0 Å². The smallest absolute Gasteiger partial charge is 0.338 e. The molecule has 12 fully saturated rings. The molecule has 3 aromatic rings. The van der Waals surface area contributed by atoms with Crippen molar-refractivity contribution in [3.8, 4) is 5.75 Å². The van der Waals surface area contributed by atoms with Gasteiger partial charge in [0.05, 0.1) is 56.4 Å². The molecule has 0 radical (unpaired) electrons. The molecule has 546 valence electrons. The minimum Gasteiger partial charge on any atom is -0.478 e. The maximum atomic E-state index is 13.8. The van der Waals surface area contributed by atoms with E-state index in [9.17, 15) is 37.9 Å². The van der Waals surface area contributed by atoms with E-state index >= 15 is 0 Å². The third-order valence-corrected chi connectivity index (χ3v) is 28.2. The number of imide groups is 1. The molecule has 12 aliphatic rings. The van der Waals surface area contributed by atoms with Crippen LogP contribution in [-0.2, 0) is 51.1 Å². The van der Waals surface area contributed by atoms with Crippen molar-refractivity contribution in [2.45, 2.75) is 239 Å². The first-order valence-electron chi connectivity index (χ1n) is 37.7. The highest BCUT2D eigenvalue weighted by Gasteiger charge is 2.64. The van der Waals surface area contributed by atoms with Crippen molar-refractivity contribution in [3.63, 3.8) is 0 Å². The molecule has 3 unspecified atom stereocenters. The van der Waals surface area contributed by atoms with Gasteiger partial charge in [-0.05, 0) is 192 Å². The number of carbonyl (C=O) groups excluding carboxylic acids is 3. The number of carbonyl (C=O) groups is 4. The number of nitrogens with one attached hydrogen (secondary N) is 1. The van der Waals surface area contributed by atoms with E-state index in [1.807, 2.05) is 0 Å². The van der Waals surface area contributed by atoms with Gasteiger partial charge < -0.3 is 48.1 Å². The number of rotatable bonds is 15. The van der Waals surface area contributed by atoms with Gasteiger partial charge >= 0.3 is 12.0 Å². The molecule has 6 heterocycles. The first-order chi connectivity index (χ1) is 47.8. The van der Waals surface area contributed by atoms with Gasteiger partial charge in [-0.3, -0.25) is 24.0 Å². The lowest BCUT2D eigenvalue weighted by Crippen LogP contribution is -2.62. The number of aromatic nitrogens is 3. The third-order valence-electron chi connectivity index (χ3n) is 28.2. The van der Waals surface area contributed by atoms with Crippen molar-refractivity contribution >= 4 is 24.4 Å². The van der Waals surface area contributed by atoms with Crippen molar-refractivity contribution in [2.75, 3.05) is 32.9 Å². The molecule has 18 atom stereocenters. The van der Waals surface area contributed by atoms with Crippen LogP contribution in [-0.4, -0.2) is 113 Å². The second kappa shape index (κ2) is 29.0. The van der Waals surface area contributed by atoms with Gasteiger partial charge in [-0.25, -0.2) is 18.4 Å². The van der Waals surface area contributed by atoms with Gasteiger partial charge in [0.2, 0.25) is 5.91 Å². The molecule has 8 aliphatic carbocycles. The quantitative estimate of drug-likeness (QED) is 0.0824. The summed E-state index contributed by atoms with van der Waals surface area (Å²) in [7, 11) is 0. The number of allylic oxidation sites excluding steroid dienone is 3. The molecule has 18 nitrogen and oxygen atoms in total. The molecule has 2 aromatic heterocycles. The number of aryl methyl sites for hydroxylation is 2.